The molecule has 3 nitrogen and oxygen atoms in total. The Morgan fingerprint density at radius 1 is 0.939 bits per heavy atom. The summed E-state index contributed by atoms with van der Waals surface area (Å²) in [6, 6.07) is 19.0. The van der Waals surface area contributed by atoms with Gasteiger partial charge in [0.1, 0.15) is 5.75 Å². The number of ether oxygens (including phenoxy) is 2. The Labute approximate surface area is 197 Å². The molecule has 0 radical (unpaired) electrons. The van der Waals surface area contributed by atoms with Crippen LogP contribution in [0.25, 0.3) is 12.2 Å². The molecule has 4 rings (SSSR count). The Balaban J connectivity index is 1.96. The molecule has 0 spiro atoms. The number of hydrogen-bond donors (Lipinski definition) is 1. The van der Waals surface area contributed by atoms with E-state index in [1.54, 1.807) is 7.11 Å². The summed E-state index contributed by atoms with van der Waals surface area (Å²) in [5, 5.41) is 3.38. The molecule has 0 aromatic heterocycles. The van der Waals surface area contributed by atoms with Gasteiger partial charge in [-0.05, 0) is 75.6 Å². The van der Waals surface area contributed by atoms with Crippen LogP contribution in [0.2, 0.25) is 0 Å². The van der Waals surface area contributed by atoms with E-state index in [9.17, 15) is 0 Å². The number of methoxy groups -OCH3 is 1. The molecule has 170 valence electrons. The summed E-state index contributed by atoms with van der Waals surface area (Å²) in [5.74, 6) is 1.75. The molecule has 0 aliphatic carbocycles. The second-order valence-electron chi connectivity index (χ2n) is 8.64. The Hall–Kier alpha value is -3.46. The lowest BCUT2D eigenvalue weighted by atomic mass is 9.81. The number of anilines is 1. The smallest absolute Gasteiger partial charge is 0.178 e. The van der Waals surface area contributed by atoms with Crippen molar-refractivity contribution in [3.05, 3.63) is 105 Å². The molecule has 3 heteroatoms. The summed E-state index contributed by atoms with van der Waals surface area (Å²) in [7, 11) is 1.70. The summed E-state index contributed by atoms with van der Waals surface area (Å²) < 4.78 is 12.6. The van der Waals surface area contributed by atoms with Crippen molar-refractivity contribution < 1.29 is 9.47 Å². The number of nitrogens with one attached hydrogen (secondary N) is 1. The van der Waals surface area contributed by atoms with Crippen LogP contribution >= 0.6 is 0 Å². The lowest BCUT2D eigenvalue weighted by molar-refractivity contribution is 0.160. The van der Waals surface area contributed by atoms with Gasteiger partial charge in [0.2, 0.25) is 0 Å². The van der Waals surface area contributed by atoms with Crippen LogP contribution < -0.4 is 10.1 Å². The molecule has 1 heterocycles. The third-order valence-electron chi connectivity index (χ3n) is 6.74. The standard InChI is InChI=1S/C30H33NO2/c1-7-31-26-15-13-25(14-16-26)30(24-11-9-8-10-12-24)18-17-27-22(4)21(3)23(5)28(29(27)33-30)19-20(2)32-6/h8-19,31H,7H2,1-6H3/b20-19+. The molecule has 33 heavy (non-hydrogen) atoms. The molecule has 1 N–H and O–H groups in total. The maximum atomic E-state index is 7.08. The Morgan fingerprint density at radius 3 is 2.24 bits per heavy atom. The van der Waals surface area contributed by atoms with Crippen LogP contribution in [0.15, 0.2) is 66.4 Å². The third-order valence-corrected chi connectivity index (χ3v) is 6.74. The molecule has 0 saturated carbocycles. The van der Waals surface area contributed by atoms with Crippen molar-refractivity contribution in [3.63, 3.8) is 0 Å². The van der Waals surface area contributed by atoms with E-state index in [1.165, 1.54) is 16.7 Å². The SMILES string of the molecule is CCNc1ccc(C2(c3ccccc3)C=Cc3c(C)c(C)c(C)c(/C=C(\C)OC)c3O2)cc1. The second kappa shape index (κ2) is 9.19. The third kappa shape index (κ3) is 4.04. The van der Waals surface area contributed by atoms with Crippen molar-refractivity contribution in [2.75, 3.05) is 19.0 Å². The first-order valence-electron chi connectivity index (χ1n) is 11.6. The molecular weight excluding hydrogens is 406 g/mol. The Kier molecular flexibility index (Phi) is 6.33. The monoisotopic (exact) mass is 439 g/mol. The summed E-state index contributed by atoms with van der Waals surface area (Å²) in [6.45, 7) is 11.5. The zero-order chi connectivity index (χ0) is 23.6. The highest BCUT2D eigenvalue weighted by molar-refractivity contribution is 5.77. The van der Waals surface area contributed by atoms with E-state index in [-0.39, 0.29) is 0 Å². The minimum Gasteiger partial charge on any atom is -0.501 e. The van der Waals surface area contributed by atoms with Gasteiger partial charge < -0.3 is 14.8 Å². The highest BCUT2D eigenvalue weighted by Gasteiger charge is 2.38. The molecule has 1 atom stereocenters. The highest BCUT2D eigenvalue weighted by Crippen LogP contribution is 2.47. The van der Waals surface area contributed by atoms with E-state index in [0.717, 1.165) is 46.0 Å². The van der Waals surface area contributed by atoms with Gasteiger partial charge >= 0.3 is 0 Å². The van der Waals surface area contributed by atoms with Gasteiger partial charge in [0.25, 0.3) is 0 Å². The zero-order valence-corrected chi connectivity index (χ0v) is 20.5. The normalized spacial score (nSPS) is 17.3. The van der Waals surface area contributed by atoms with Gasteiger partial charge in [-0.1, -0.05) is 48.5 Å². The quantitative estimate of drug-likeness (QED) is 0.406. The van der Waals surface area contributed by atoms with Crippen molar-refractivity contribution in [1.82, 2.24) is 0 Å². The van der Waals surface area contributed by atoms with Crippen molar-refractivity contribution in [2.45, 2.75) is 40.2 Å². The summed E-state index contributed by atoms with van der Waals surface area (Å²) in [6.07, 6.45) is 6.51. The van der Waals surface area contributed by atoms with Gasteiger partial charge in [0.15, 0.2) is 5.60 Å². The number of fused-ring (bicyclic) bond motifs is 1. The second-order valence-corrected chi connectivity index (χ2v) is 8.64. The fraction of sp³-hybridized carbons (Fsp3) is 0.267. The lowest BCUT2D eigenvalue weighted by Gasteiger charge is -2.38. The van der Waals surface area contributed by atoms with E-state index in [0.29, 0.717) is 0 Å². The van der Waals surface area contributed by atoms with Gasteiger partial charge in [-0.15, -0.1) is 0 Å². The molecule has 1 unspecified atom stereocenters. The van der Waals surface area contributed by atoms with E-state index in [4.69, 9.17) is 9.47 Å². The average molecular weight is 440 g/mol. The maximum absolute atomic E-state index is 7.08. The molecule has 1 aliphatic rings. The Bertz CT molecular complexity index is 1210. The van der Waals surface area contributed by atoms with Gasteiger partial charge in [-0.3, -0.25) is 0 Å². The molecule has 1 aliphatic heterocycles. The van der Waals surface area contributed by atoms with Crippen LogP contribution in [0.1, 0.15) is 52.8 Å². The molecule has 0 saturated heterocycles. The van der Waals surface area contributed by atoms with Crippen LogP contribution in [-0.4, -0.2) is 13.7 Å². The van der Waals surface area contributed by atoms with Crippen molar-refractivity contribution in [2.24, 2.45) is 0 Å². The minimum absolute atomic E-state index is 0.725. The van der Waals surface area contributed by atoms with Gasteiger partial charge in [-0.2, -0.15) is 0 Å². The number of rotatable bonds is 6. The zero-order valence-electron chi connectivity index (χ0n) is 20.5. The van der Waals surface area contributed by atoms with Gasteiger partial charge in [-0.25, -0.2) is 0 Å². The molecular formula is C30H33NO2. The van der Waals surface area contributed by atoms with Gasteiger partial charge in [0, 0.05) is 34.5 Å². The predicted octanol–water partition coefficient (Wildman–Crippen LogP) is 7.40. The first kappa shape index (κ1) is 22.7. The minimum atomic E-state index is -0.725. The van der Waals surface area contributed by atoms with Crippen molar-refractivity contribution in [3.8, 4) is 5.75 Å². The largest absolute Gasteiger partial charge is 0.501 e. The number of hydrogen-bond acceptors (Lipinski definition) is 3. The van der Waals surface area contributed by atoms with Crippen LogP contribution in [0.3, 0.4) is 0 Å². The van der Waals surface area contributed by atoms with E-state index in [1.807, 2.05) is 13.0 Å². The van der Waals surface area contributed by atoms with E-state index < -0.39 is 5.60 Å². The first-order chi connectivity index (χ1) is 15.9. The lowest BCUT2D eigenvalue weighted by Crippen LogP contribution is -2.35. The van der Waals surface area contributed by atoms with Crippen LogP contribution in [-0.2, 0) is 10.3 Å². The maximum Gasteiger partial charge on any atom is 0.178 e. The van der Waals surface area contributed by atoms with Crippen LogP contribution in [0, 0.1) is 20.8 Å². The number of allylic oxidation sites excluding steroid dienone is 1. The summed E-state index contributed by atoms with van der Waals surface area (Å²) in [4.78, 5) is 0. The van der Waals surface area contributed by atoms with Gasteiger partial charge in [0.05, 0.1) is 12.9 Å². The fourth-order valence-electron chi connectivity index (χ4n) is 4.52. The molecule has 0 fully saturated rings. The predicted molar refractivity (Wildman–Crippen MR) is 139 cm³/mol. The van der Waals surface area contributed by atoms with Crippen molar-refractivity contribution in [1.29, 1.82) is 0 Å². The number of benzene rings is 3. The fourth-order valence-corrected chi connectivity index (χ4v) is 4.52. The van der Waals surface area contributed by atoms with E-state index >= 15 is 0 Å². The first-order valence-corrected chi connectivity index (χ1v) is 11.6. The molecule has 0 amide bonds. The molecule has 3 aromatic rings. The Morgan fingerprint density at radius 2 is 1.61 bits per heavy atom. The van der Waals surface area contributed by atoms with Crippen molar-refractivity contribution >= 4 is 17.8 Å². The summed E-state index contributed by atoms with van der Waals surface area (Å²) in [5.41, 5.74) is 8.49. The molecule has 0 bridgehead atoms. The summed E-state index contributed by atoms with van der Waals surface area (Å²) >= 11 is 0. The highest BCUT2D eigenvalue weighted by atomic mass is 16.5. The van der Waals surface area contributed by atoms with Crippen LogP contribution in [0.5, 0.6) is 5.75 Å². The van der Waals surface area contributed by atoms with E-state index in [2.05, 4.69) is 99.8 Å². The average Bonchev–Trinajstić information content (AvgIpc) is 2.86. The van der Waals surface area contributed by atoms with Crippen LogP contribution in [0.4, 0.5) is 5.69 Å². The molecule has 3 aromatic carbocycles. The topological polar surface area (TPSA) is 30.5 Å².